The smallest absolute Gasteiger partial charge is 0.419 e. The molecule has 0 aliphatic heterocycles. The number of anilines is 1. The number of hydrogen-bond acceptors (Lipinski definition) is 6. The van der Waals surface area contributed by atoms with Gasteiger partial charge in [0.1, 0.15) is 17.2 Å². The normalized spacial score (nSPS) is 11.3. The van der Waals surface area contributed by atoms with E-state index in [4.69, 9.17) is 14.9 Å². The molecule has 0 saturated carbocycles. The predicted octanol–water partition coefficient (Wildman–Crippen LogP) is 2.18. The average Bonchev–Trinajstić information content (AvgIpc) is 3.21. The van der Waals surface area contributed by atoms with Crippen LogP contribution in [0, 0.1) is 0 Å². The lowest BCUT2D eigenvalue weighted by Gasteiger charge is -2.10. The van der Waals surface area contributed by atoms with Crippen molar-refractivity contribution in [1.82, 2.24) is 19.3 Å². The summed E-state index contributed by atoms with van der Waals surface area (Å²) in [7, 11) is 3.18. The predicted molar refractivity (Wildman–Crippen MR) is 109 cm³/mol. The van der Waals surface area contributed by atoms with Crippen molar-refractivity contribution in [2.75, 3.05) is 19.4 Å². The first-order chi connectivity index (χ1) is 14.0. The average molecular weight is 395 g/mol. The molecule has 0 atom stereocenters. The maximum atomic E-state index is 12.4. The van der Waals surface area contributed by atoms with Crippen molar-refractivity contribution in [3.05, 3.63) is 46.7 Å². The third-order valence-electron chi connectivity index (χ3n) is 4.84. The van der Waals surface area contributed by atoms with Gasteiger partial charge in [0.15, 0.2) is 11.3 Å². The van der Waals surface area contributed by atoms with Crippen LogP contribution in [0.3, 0.4) is 0 Å². The van der Waals surface area contributed by atoms with Crippen molar-refractivity contribution in [3.63, 3.8) is 0 Å². The number of benzene rings is 1. The van der Waals surface area contributed by atoms with Crippen LogP contribution in [0.5, 0.6) is 5.75 Å². The second kappa shape index (κ2) is 7.01. The fourth-order valence-electron chi connectivity index (χ4n) is 3.32. The highest BCUT2D eigenvalue weighted by atomic mass is 16.5. The molecule has 0 unspecified atom stereocenters. The number of nitrogens with zero attached hydrogens (tertiary/aromatic N) is 3. The Morgan fingerprint density at radius 3 is 2.86 bits per heavy atom. The lowest BCUT2D eigenvalue weighted by molar-refractivity contribution is 0.0950. The number of rotatable bonds is 5. The Morgan fingerprint density at radius 2 is 2.14 bits per heavy atom. The first-order valence-electron chi connectivity index (χ1n) is 9.19. The number of fused-ring (bicyclic) bond motifs is 2. The van der Waals surface area contributed by atoms with Gasteiger partial charge in [-0.2, -0.15) is 0 Å². The number of oxazole rings is 1. The second-order valence-corrected chi connectivity index (χ2v) is 6.66. The van der Waals surface area contributed by atoms with Gasteiger partial charge in [-0.05, 0) is 24.6 Å². The van der Waals surface area contributed by atoms with E-state index in [1.807, 2.05) is 13.0 Å². The highest BCUT2D eigenvalue weighted by molar-refractivity contribution is 5.99. The van der Waals surface area contributed by atoms with Crippen LogP contribution in [0.1, 0.15) is 23.8 Å². The van der Waals surface area contributed by atoms with Crippen molar-refractivity contribution in [1.29, 1.82) is 0 Å². The van der Waals surface area contributed by atoms with Crippen LogP contribution in [0.2, 0.25) is 0 Å². The number of carbonyl (C=O) groups excluding carboxylic acids is 1. The van der Waals surface area contributed by atoms with Crippen LogP contribution >= 0.6 is 0 Å². The Bertz CT molecular complexity index is 1300. The number of carbonyl (C=O) groups is 1. The summed E-state index contributed by atoms with van der Waals surface area (Å²) < 4.78 is 13.9. The highest BCUT2D eigenvalue weighted by Gasteiger charge is 2.21. The number of ether oxygens (including phenoxy) is 1. The molecule has 0 saturated heterocycles. The van der Waals surface area contributed by atoms with E-state index in [0.29, 0.717) is 40.2 Å². The van der Waals surface area contributed by atoms with E-state index in [1.165, 1.54) is 4.57 Å². The molecule has 0 spiro atoms. The molecule has 0 bridgehead atoms. The third-order valence-corrected chi connectivity index (χ3v) is 4.84. The van der Waals surface area contributed by atoms with Crippen LogP contribution in [-0.4, -0.2) is 33.5 Å². The van der Waals surface area contributed by atoms with E-state index in [2.05, 4.69) is 10.3 Å². The Balaban J connectivity index is 1.94. The molecule has 4 rings (SSSR count). The molecule has 0 radical (unpaired) electrons. The standard InChI is InChI=1S/C20H21N5O4/c1-4-7-22-19(26)16-17(21)25-8-5-6-11(18(25)23-16)12-9-15-13(10-14(12)28-3)24(2)20(27)29-15/h5-6,8-10H,4,7,21H2,1-3H3,(H,22,26). The number of hydrogen-bond donors (Lipinski definition) is 2. The van der Waals surface area contributed by atoms with Gasteiger partial charge in [-0.1, -0.05) is 6.92 Å². The van der Waals surface area contributed by atoms with Gasteiger partial charge in [0.25, 0.3) is 5.91 Å². The zero-order valence-corrected chi connectivity index (χ0v) is 16.4. The lowest BCUT2D eigenvalue weighted by Crippen LogP contribution is -2.25. The minimum atomic E-state index is -0.461. The van der Waals surface area contributed by atoms with Crippen molar-refractivity contribution in [2.24, 2.45) is 7.05 Å². The number of amides is 1. The van der Waals surface area contributed by atoms with Gasteiger partial charge in [-0.25, -0.2) is 9.78 Å². The molecular weight excluding hydrogens is 374 g/mol. The molecule has 29 heavy (non-hydrogen) atoms. The molecule has 9 nitrogen and oxygen atoms in total. The zero-order chi connectivity index (χ0) is 20.7. The number of nitrogen functional groups attached to an aromatic ring is 1. The van der Waals surface area contributed by atoms with Crippen LogP contribution in [-0.2, 0) is 7.05 Å². The zero-order valence-electron chi connectivity index (χ0n) is 16.4. The molecule has 9 heteroatoms. The Labute approximate surface area is 165 Å². The number of methoxy groups -OCH3 is 1. The third kappa shape index (κ3) is 2.91. The topological polar surface area (TPSA) is 117 Å². The van der Waals surface area contributed by atoms with Crippen LogP contribution in [0.4, 0.5) is 5.82 Å². The van der Waals surface area contributed by atoms with E-state index < -0.39 is 5.76 Å². The van der Waals surface area contributed by atoms with Gasteiger partial charge in [-0.15, -0.1) is 0 Å². The minimum absolute atomic E-state index is 0.164. The quantitative estimate of drug-likeness (QED) is 0.535. The number of nitrogens with two attached hydrogens (primary N) is 1. The van der Waals surface area contributed by atoms with Crippen molar-refractivity contribution in [2.45, 2.75) is 13.3 Å². The summed E-state index contributed by atoms with van der Waals surface area (Å²) in [4.78, 5) is 28.8. The summed E-state index contributed by atoms with van der Waals surface area (Å²) in [6.45, 7) is 2.51. The van der Waals surface area contributed by atoms with E-state index in [9.17, 15) is 9.59 Å². The summed E-state index contributed by atoms with van der Waals surface area (Å²) in [6.07, 6.45) is 2.55. The number of aryl methyl sites for hydroxylation is 1. The van der Waals surface area contributed by atoms with Crippen molar-refractivity contribution < 1.29 is 13.9 Å². The molecule has 150 valence electrons. The lowest BCUT2D eigenvalue weighted by atomic mass is 10.1. The van der Waals surface area contributed by atoms with Gasteiger partial charge in [0, 0.05) is 37.0 Å². The van der Waals surface area contributed by atoms with Crippen LogP contribution in [0.15, 0.2) is 39.7 Å². The van der Waals surface area contributed by atoms with Gasteiger partial charge in [0.2, 0.25) is 0 Å². The largest absolute Gasteiger partial charge is 0.496 e. The van der Waals surface area contributed by atoms with Gasteiger partial charge in [0.05, 0.1) is 12.6 Å². The number of pyridine rings is 1. The van der Waals surface area contributed by atoms with Crippen molar-refractivity contribution >= 4 is 28.5 Å². The summed E-state index contributed by atoms with van der Waals surface area (Å²) in [5, 5.41) is 2.79. The fraction of sp³-hybridized carbons (Fsp3) is 0.250. The monoisotopic (exact) mass is 395 g/mol. The molecule has 3 N–H and O–H groups in total. The van der Waals surface area contributed by atoms with Gasteiger partial charge >= 0.3 is 5.76 Å². The minimum Gasteiger partial charge on any atom is -0.496 e. The van der Waals surface area contributed by atoms with E-state index >= 15 is 0 Å². The molecule has 3 aromatic heterocycles. The molecule has 1 aromatic carbocycles. The summed E-state index contributed by atoms with van der Waals surface area (Å²) in [5.74, 6) is 0.00937. The van der Waals surface area contributed by atoms with E-state index in [-0.39, 0.29) is 17.4 Å². The van der Waals surface area contributed by atoms with Crippen molar-refractivity contribution in [3.8, 4) is 16.9 Å². The first kappa shape index (κ1) is 18.6. The molecule has 3 heterocycles. The molecule has 4 aromatic rings. The summed E-state index contributed by atoms with van der Waals surface area (Å²) in [5.41, 5.74) is 9.26. The number of aromatic nitrogens is 3. The molecular formula is C20H21N5O4. The Morgan fingerprint density at radius 1 is 1.34 bits per heavy atom. The first-order valence-corrected chi connectivity index (χ1v) is 9.19. The Hall–Kier alpha value is -3.75. The summed E-state index contributed by atoms with van der Waals surface area (Å²) >= 11 is 0. The number of imidazole rings is 1. The van der Waals surface area contributed by atoms with Gasteiger partial charge < -0.3 is 20.2 Å². The Kier molecular flexibility index (Phi) is 4.50. The van der Waals surface area contributed by atoms with Crippen LogP contribution < -0.4 is 21.5 Å². The second-order valence-electron chi connectivity index (χ2n) is 6.66. The maximum Gasteiger partial charge on any atom is 0.419 e. The van der Waals surface area contributed by atoms with Crippen LogP contribution in [0.25, 0.3) is 27.9 Å². The fourth-order valence-corrected chi connectivity index (χ4v) is 3.32. The van der Waals surface area contributed by atoms with Gasteiger partial charge in [-0.3, -0.25) is 13.8 Å². The van der Waals surface area contributed by atoms with E-state index in [0.717, 1.165) is 6.42 Å². The molecule has 0 aliphatic rings. The maximum absolute atomic E-state index is 12.4. The SMILES string of the molecule is CCCNC(=O)c1nc2c(-c3cc4oc(=O)n(C)c4cc3OC)cccn2c1N. The molecule has 0 aliphatic carbocycles. The summed E-state index contributed by atoms with van der Waals surface area (Å²) in [6, 6.07) is 7.12. The van der Waals surface area contributed by atoms with E-state index in [1.54, 1.807) is 43.0 Å². The highest BCUT2D eigenvalue weighted by Crippen LogP contribution is 2.36. The molecule has 0 fully saturated rings. The number of nitrogens with one attached hydrogen (secondary N) is 1. The molecule has 1 amide bonds.